The second-order valence-corrected chi connectivity index (χ2v) is 8.73. The molecule has 0 aliphatic carbocycles. The highest BCUT2D eigenvalue weighted by molar-refractivity contribution is 7.89. The average Bonchev–Trinajstić information content (AvgIpc) is 2.88. The maximum Gasteiger partial charge on any atom is 0.244 e. The summed E-state index contributed by atoms with van der Waals surface area (Å²) in [5, 5.41) is 5.10. The van der Waals surface area contributed by atoms with Gasteiger partial charge in [0.05, 0.1) is 4.90 Å². The SMILES string of the molecule is CCCNCc1cc(S(=O)(=O)N2C(C)CCCC2C)cs1. The van der Waals surface area contributed by atoms with Gasteiger partial charge in [0, 0.05) is 28.9 Å². The van der Waals surface area contributed by atoms with E-state index in [1.54, 1.807) is 9.69 Å². The van der Waals surface area contributed by atoms with Crippen LogP contribution in [0, 0.1) is 0 Å². The van der Waals surface area contributed by atoms with Crippen LogP contribution in [0.3, 0.4) is 0 Å². The first kappa shape index (κ1) is 16.9. The second-order valence-electron chi connectivity index (χ2n) is 5.89. The van der Waals surface area contributed by atoms with Gasteiger partial charge in [0.1, 0.15) is 0 Å². The first-order valence-electron chi connectivity index (χ1n) is 7.78. The van der Waals surface area contributed by atoms with Gasteiger partial charge in [0.2, 0.25) is 10.0 Å². The van der Waals surface area contributed by atoms with E-state index in [4.69, 9.17) is 0 Å². The van der Waals surface area contributed by atoms with Crippen molar-refractivity contribution >= 4 is 21.4 Å². The molecule has 6 heteroatoms. The minimum absolute atomic E-state index is 0.0975. The Morgan fingerprint density at radius 1 is 1.33 bits per heavy atom. The van der Waals surface area contributed by atoms with E-state index in [0.717, 1.165) is 43.6 Å². The molecule has 120 valence electrons. The van der Waals surface area contributed by atoms with Crippen LogP contribution in [-0.2, 0) is 16.6 Å². The normalized spacial score (nSPS) is 24.3. The van der Waals surface area contributed by atoms with E-state index >= 15 is 0 Å². The lowest BCUT2D eigenvalue weighted by Crippen LogP contribution is -2.47. The number of hydrogen-bond donors (Lipinski definition) is 1. The van der Waals surface area contributed by atoms with Gasteiger partial charge in [-0.2, -0.15) is 4.31 Å². The molecule has 2 heterocycles. The maximum atomic E-state index is 12.9. The molecular weight excluding hydrogens is 304 g/mol. The Morgan fingerprint density at radius 3 is 2.62 bits per heavy atom. The zero-order valence-electron chi connectivity index (χ0n) is 13.1. The minimum Gasteiger partial charge on any atom is -0.312 e. The summed E-state index contributed by atoms with van der Waals surface area (Å²) in [4.78, 5) is 1.54. The zero-order chi connectivity index (χ0) is 15.5. The first-order chi connectivity index (χ1) is 9.96. The Morgan fingerprint density at radius 2 is 2.00 bits per heavy atom. The highest BCUT2D eigenvalue weighted by Crippen LogP contribution is 2.31. The van der Waals surface area contributed by atoms with E-state index in [0.29, 0.717) is 4.90 Å². The highest BCUT2D eigenvalue weighted by Gasteiger charge is 2.36. The van der Waals surface area contributed by atoms with Gasteiger partial charge >= 0.3 is 0 Å². The van der Waals surface area contributed by atoms with Crippen LogP contribution in [-0.4, -0.2) is 31.4 Å². The van der Waals surface area contributed by atoms with Gasteiger partial charge in [0.25, 0.3) is 0 Å². The Balaban J connectivity index is 2.15. The number of nitrogens with one attached hydrogen (secondary N) is 1. The molecule has 1 fully saturated rings. The van der Waals surface area contributed by atoms with Crippen molar-refractivity contribution < 1.29 is 8.42 Å². The number of sulfonamides is 1. The topological polar surface area (TPSA) is 49.4 Å². The third-order valence-corrected chi connectivity index (χ3v) is 7.24. The van der Waals surface area contributed by atoms with Gasteiger partial charge in [-0.25, -0.2) is 8.42 Å². The van der Waals surface area contributed by atoms with Gasteiger partial charge in [-0.3, -0.25) is 0 Å². The summed E-state index contributed by atoms with van der Waals surface area (Å²) >= 11 is 1.52. The number of piperidine rings is 1. The first-order valence-corrected chi connectivity index (χ1v) is 10.1. The number of hydrogen-bond acceptors (Lipinski definition) is 4. The molecule has 0 amide bonds. The van der Waals surface area contributed by atoms with E-state index in [-0.39, 0.29) is 12.1 Å². The fraction of sp³-hybridized carbons (Fsp3) is 0.733. The lowest BCUT2D eigenvalue weighted by Gasteiger charge is -2.37. The van der Waals surface area contributed by atoms with Gasteiger partial charge in [-0.05, 0) is 45.7 Å². The molecule has 1 aliphatic heterocycles. The molecule has 1 aromatic rings. The van der Waals surface area contributed by atoms with Crippen LogP contribution in [0.25, 0.3) is 0 Å². The molecule has 0 aromatic carbocycles. The quantitative estimate of drug-likeness (QED) is 0.815. The lowest BCUT2D eigenvalue weighted by atomic mass is 10.0. The van der Waals surface area contributed by atoms with Crippen molar-refractivity contribution in [2.75, 3.05) is 6.54 Å². The molecule has 4 nitrogen and oxygen atoms in total. The van der Waals surface area contributed by atoms with E-state index in [1.807, 2.05) is 19.9 Å². The lowest BCUT2D eigenvalue weighted by molar-refractivity contribution is 0.204. The summed E-state index contributed by atoms with van der Waals surface area (Å²) in [5.41, 5.74) is 0. The van der Waals surface area contributed by atoms with Gasteiger partial charge in [-0.1, -0.05) is 13.3 Å². The van der Waals surface area contributed by atoms with Crippen LogP contribution in [0.4, 0.5) is 0 Å². The van der Waals surface area contributed by atoms with Crippen LogP contribution >= 0.6 is 11.3 Å². The Labute approximate surface area is 132 Å². The van der Waals surface area contributed by atoms with E-state index in [9.17, 15) is 8.42 Å². The molecule has 1 saturated heterocycles. The molecule has 0 spiro atoms. The molecular formula is C15H26N2O2S2. The smallest absolute Gasteiger partial charge is 0.244 e. The summed E-state index contributed by atoms with van der Waals surface area (Å²) in [7, 11) is -3.35. The number of thiophene rings is 1. The highest BCUT2D eigenvalue weighted by atomic mass is 32.2. The molecule has 1 aliphatic rings. The van der Waals surface area contributed by atoms with Crippen LogP contribution in [0.2, 0.25) is 0 Å². The van der Waals surface area contributed by atoms with E-state index < -0.39 is 10.0 Å². The Hall–Kier alpha value is -0.430. The maximum absolute atomic E-state index is 12.9. The predicted molar refractivity (Wildman–Crippen MR) is 88.1 cm³/mol. The molecule has 2 unspecified atom stereocenters. The minimum atomic E-state index is -3.35. The van der Waals surface area contributed by atoms with Crippen LogP contribution in [0.5, 0.6) is 0 Å². The molecule has 0 saturated carbocycles. The summed E-state index contributed by atoms with van der Waals surface area (Å²) in [6.45, 7) is 7.86. The molecule has 1 N–H and O–H groups in total. The third-order valence-electron chi connectivity index (χ3n) is 4.04. The van der Waals surface area contributed by atoms with Gasteiger partial charge < -0.3 is 5.32 Å². The Kier molecular flexibility index (Phi) is 5.82. The average molecular weight is 331 g/mol. The van der Waals surface area contributed by atoms with E-state index in [1.165, 1.54) is 11.3 Å². The number of rotatable bonds is 6. The standard InChI is InChI=1S/C15H26N2O2S2/c1-4-8-16-10-14-9-15(11-20-14)21(18,19)17-12(2)6-5-7-13(17)3/h9,11-13,16H,4-8,10H2,1-3H3. The fourth-order valence-corrected chi connectivity index (χ4v) is 6.08. The largest absolute Gasteiger partial charge is 0.312 e. The van der Waals surface area contributed by atoms with Gasteiger partial charge in [-0.15, -0.1) is 11.3 Å². The van der Waals surface area contributed by atoms with Crippen molar-refractivity contribution in [2.24, 2.45) is 0 Å². The van der Waals surface area contributed by atoms with Crippen LogP contribution < -0.4 is 5.32 Å². The second kappa shape index (κ2) is 7.22. The van der Waals surface area contributed by atoms with E-state index in [2.05, 4.69) is 12.2 Å². The third kappa shape index (κ3) is 3.86. The summed E-state index contributed by atoms with van der Waals surface area (Å²) < 4.78 is 27.4. The molecule has 2 rings (SSSR count). The summed E-state index contributed by atoms with van der Waals surface area (Å²) in [6, 6.07) is 2.03. The van der Waals surface area contributed by atoms with Crippen molar-refractivity contribution in [3.05, 3.63) is 16.3 Å². The molecule has 21 heavy (non-hydrogen) atoms. The molecule has 1 aromatic heterocycles. The Bertz CT molecular complexity index is 544. The van der Waals surface area contributed by atoms with Crippen molar-refractivity contribution in [1.82, 2.24) is 9.62 Å². The van der Waals surface area contributed by atoms with Crippen LogP contribution in [0.1, 0.15) is 51.3 Å². The molecule has 0 radical (unpaired) electrons. The summed E-state index contributed by atoms with van der Waals surface area (Å²) in [6.07, 6.45) is 4.11. The van der Waals surface area contributed by atoms with Gasteiger partial charge in [0.15, 0.2) is 0 Å². The van der Waals surface area contributed by atoms with Crippen molar-refractivity contribution in [2.45, 2.75) is 70.0 Å². The molecule has 0 bridgehead atoms. The number of nitrogens with zero attached hydrogens (tertiary/aromatic N) is 1. The molecule has 2 atom stereocenters. The van der Waals surface area contributed by atoms with Crippen LogP contribution in [0.15, 0.2) is 16.3 Å². The fourth-order valence-electron chi connectivity index (χ4n) is 2.97. The monoisotopic (exact) mass is 330 g/mol. The predicted octanol–water partition coefficient (Wildman–Crippen LogP) is 3.20. The summed E-state index contributed by atoms with van der Waals surface area (Å²) in [5.74, 6) is 0. The zero-order valence-corrected chi connectivity index (χ0v) is 14.8. The van der Waals surface area contributed by atoms with Crippen molar-refractivity contribution in [3.8, 4) is 0 Å². The van der Waals surface area contributed by atoms with Crippen molar-refractivity contribution in [1.29, 1.82) is 0 Å². The van der Waals surface area contributed by atoms with Crippen molar-refractivity contribution in [3.63, 3.8) is 0 Å².